The van der Waals surface area contributed by atoms with Crippen LogP contribution in [0.3, 0.4) is 0 Å². The summed E-state index contributed by atoms with van der Waals surface area (Å²) in [4.78, 5) is 10.8. The minimum absolute atomic E-state index is 0.0500. The lowest BCUT2D eigenvalue weighted by atomic mass is 10.1. The van der Waals surface area contributed by atoms with Gasteiger partial charge in [-0.15, -0.1) is 0 Å². The molecule has 1 saturated heterocycles. The van der Waals surface area contributed by atoms with Crippen LogP contribution in [0.25, 0.3) is 0 Å². The Morgan fingerprint density at radius 1 is 1.45 bits per heavy atom. The quantitative estimate of drug-likeness (QED) is 0.817. The van der Waals surface area contributed by atoms with Crippen LogP contribution in [0.1, 0.15) is 28.8 Å². The van der Waals surface area contributed by atoms with Crippen LogP contribution in [0.5, 0.6) is 0 Å². The lowest BCUT2D eigenvalue weighted by molar-refractivity contribution is 0.0696. The molecule has 1 unspecified atom stereocenters. The number of sulfonamides is 1. The highest BCUT2D eigenvalue weighted by Gasteiger charge is 2.22. The molecule has 1 aromatic carbocycles. The summed E-state index contributed by atoms with van der Waals surface area (Å²) >= 11 is 0. The van der Waals surface area contributed by atoms with Gasteiger partial charge in [0.2, 0.25) is 10.0 Å². The van der Waals surface area contributed by atoms with Gasteiger partial charge >= 0.3 is 5.97 Å². The monoisotopic (exact) mass is 299 g/mol. The van der Waals surface area contributed by atoms with Crippen molar-refractivity contribution in [2.24, 2.45) is 0 Å². The van der Waals surface area contributed by atoms with Crippen molar-refractivity contribution in [2.45, 2.75) is 25.5 Å². The number of carboxylic acid groups (broad SMARTS) is 1. The van der Waals surface area contributed by atoms with Gasteiger partial charge in [0.15, 0.2) is 0 Å². The highest BCUT2D eigenvalue weighted by molar-refractivity contribution is 7.89. The molecule has 6 nitrogen and oxygen atoms in total. The van der Waals surface area contributed by atoms with E-state index in [0.717, 1.165) is 12.8 Å². The third-order valence-electron chi connectivity index (χ3n) is 3.10. The van der Waals surface area contributed by atoms with E-state index in [0.29, 0.717) is 12.2 Å². The zero-order valence-electron chi connectivity index (χ0n) is 10.9. The second kappa shape index (κ2) is 6.34. The smallest absolute Gasteiger partial charge is 0.335 e. The van der Waals surface area contributed by atoms with Gasteiger partial charge in [0.25, 0.3) is 0 Å². The van der Waals surface area contributed by atoms with Gasteiger partial charge in [-0.05, 0) is 30.5 Å². The molecule has 110 valence electrons. The van der Waals surface area contributed by atoms with E-state index in [9.17, 15) is 13.2 Å². The fourth-order valence-corrected chi connectivity index (χ4v) is 3.34. The van der Waals surface area contributed by atoms with Crippen LogP contribution in [0.2, 0.25) is 0 Å². The van der Waals surface area contributed by atoms with E-state index in [-0.39, 0.29) is 24.0 Å². The highest BCUT2D eigenvalue weighted by atomic mass is 32.2. The summed E-state index contributed by atoms with van der Waals surface area (Å²) in [6, 6.07) is 6.19. The molecular formula is C13H17NO5S. The summed E-state index contributed by atoms with van der Waals surface area (Å²) < 4.78 is 31.5. The minimum Gasteiger partial charge on any atom is -0.478 e. The molecule has 2 rings (SSSR count). The van der Waals surface area contributed by atoms with Crippen LogP contribution < -0.4 is 4.72 Å². The maximum Gasteiger partial charge on any atom is 0.335 e. The first-order valence-corrected chi connectivity index (χ1v) is 8.03. The van der Waals surface area contributed by atoms with Crippen LogP contribution in [0, 0.1) is 0 Å². The van der Waals surface area contributed by atoms with E-state index in [1.165, 1.54) is 12.1 Å². The number of hydrogen-bond acceptors (Lipinski definition) is 4. The Hall–Kier alpha value is -1.44. The normalized spacial score (nSPS) is 19.1. The van der Waals surface area contributed by atoms with E-state index in [1.807, 2.05) is 0 Å². The molecule has 0 aliphatic carbocycles. The Balaban J connectivity index is 1.93. The average molecular weight is 299 g/mol. The lowest BCUT2D eigenvalue weighted by Gasteiger charge is -2.11. The molecule has 0 saturated carbocycles. The summed E-state index contributed by atoms with van der Waals surface area (Å²) in [5, 5.41) is 8.87. The Morgan fingerprint density at radius 3 is 2.90 bits per heavy atom. The Morgan fingerprint density at radius 2 is 2.25 bits per heavy atom. The second-order valence-corrected chi connectivity index (χ2v) is 6.59. The largest absolute Gasteiger partial charge is 0.478 e. The van der Waals surface area contributed by atoms with Crippen molar-refractivity contribution in [3.63, 3.8) is 0 Å². The molecule has 1 aliphatic rings. The molecule has 1 fully saturated rings. The fraction of sp³-hybridized carbons (Fsp3) is 0.462. The summed E-state index contributed by atoms with van der Waals surface area (Å²) in [5.41, 5.74) is 0.752. The molecule has 0 aromatic heterocycles. The number of carbonyl (C=O) groups is 1. The van der Waals surface area contributed by atoms with Crippen molar-refractivity contribution in [2.75, 3.05) is 12.4 Å². The van der Waals surface area contributed by atoms with Crippen molar-refractivity contribution in [3.05, 3.63) is 35.4 Å². The van der Waals surface area contributed by atoms with Gasteiger partial charge < -0.3 is 9.84 Å². The number of hydrogen-bond donors (Lipinski definition) is 2. The maximum atomic E-state index is 11.9. The van der Waals surface area contributed by atoms with E-state index in [4.69, 9.17) is 9.84 Å². The third-order valence-corrected chi connectivity index (χ3v) is 4.49. The zero-order valence-corrected chi connectivity index (χ0v) is 11.7. The van der Waals surface area contributed by atoms with Gasteiger partial charge in [0.1, 0.15) is 0 Å². The van der Waals surface area contributed by atoms with Crippen LogP contribution in [-0.2, 0) is 21.3 Å². The molecule has 1 aliphatic heterocycles. The predicted molar refractivity (Wildman–Crippen MR) is 73.0 cm³/mol. The van der Waals surface area contributed by atoms with Gasteiger partial charge in [-0.2, -0.15) is 0 Å². The molecule has 0 radical (unpaired) electrons. The van der Waals surface area contributed by atoms with Crippen LogP contribution >= 0.6 is 0 Å². The zero-order chi connectivity index (χ0) is 14.6. The van der Waals surface area contributed by atoms with Gasteiger partial charge in [0, 0.05) is 13.2 Å². The molecule has 0 amide bonds. The molecule has 20 heavy (non-hydrogen) atoms. The van der Waals surface area contributed by atoms with Crippen molar-refractivity contribution in [1.82, 2.24) is 4.72 Å². The van der Waals surface area contributed by atoms with Crippen molar-refractivity contribution < 1.29 is 23.1 Å². The summed E-state index contributed by atoms with van der Waals surface area (Å²) in [6.45, 7) is 0.691. The van der Waals surface area contributed by atoms with E-state index in [2.05, 4.69) is 4.72 Å². The summed E-state index contributed by atoms with van der Waals surface area (Å²) in [7, 11) is -3.42. The number of carboxylic acids is 1. The number of rotatable bonds is 6. The van der Waals surface area contributed by atoms with E-state index >= 15 is 0 Å². The number of aromatic carboxylic acids is 1. The molecule has 1 aromatic rings. The Kier molecular flexibility index (Phi) is 4.74. The Bertz CT molecular complexity index is 578. The molecule has 1 heterocycles. The van der Waals surface area contributed by atoms with Crippen LogP contribution in [0.15, 0.2) is 24.3 Å². The molecule has 1 atom stereocenters. The molecule has 0 bridgehead atoms. The van der Waals surface area contributed by atoms with Crippen molar-refractivity contribution in [3.8, 4) is 0 Å². The van der Waals surface area contributed by atoms with Gasteiger partial charge in [-0.25, -0.2) is 17.9 Å². The first kappa shape index (κ1) is 15.0. The van der Waals surface area contributed by atoms with Gasteiger partial charge in [-0.3, -0.25) is 0 Å². The maximum absolute atomic E-state index is 11.9. The number of ether oxygens (including phenoxy) is 1. The first-order chi connectivity index (χ1) is 9.46. The molecule has 2 N–H and O–H groups in total. The van der Waals surface area contributed by atoms with E-state index < -0.39 is 16.0 Å². The highest BCUT2D eigenvalue weighted by Crippen LogP contribution is 2.14. The second-order valence-electron chi connectivity index (χ2n) is 4.74. The SMILES string of the molecule is O=C(O)c1cccc(CNS(=O)(=O)CC2CCCO2)c1. The third kappa shape index (κ3) is 4.29. The van der Waals surface area contributed by atoms with Gasteiger partial charge in [-0.1, -0.05) is 12.1 Å². The fourth-order valence-electron chi connectivity index (χ4n) is 2.09. The minimum atomic E-state index is -3.42. The number of benzene rings is 1. The summed E-state index contributed by atoms with van der Waals surface area (Å²) in [5.74, 6) is -1.08. The number of nitrogens with one attached hydrogen (secondary N) is 1. The standard InChI is InChI=1S/C13H17NO5S/c15-13(16)11-4-1-3-10(7-11)8-14-20(17,18)9-12-5-2-6-19-12/h1,3-4,7,12,14H,2,5-6,8-9H2,(H,15,16). The van der Waals surface area contributed by atoms with E-state index in [1.54, 1.807) is 12.1 Å². The Labute approximate surface area is 117 Å². The first-order valence-electron chi connectivity index (χ1n) is 6.37. The molecule has 7 heteroatoms. The van der Waals surface area contributed by atoms with Gasteiger partial charge in [0.05, 0.1) is 17.4 Å². The predicted octanol–water partition coefficient (Wildman–Crippen LogP) is 0.983. The van der Waals surface area contributed by atoms with Crippen molar-refractivity contribution >= 4 is 16.0 Å². The summed E-state index contributed by atoms with van der Waals surface area (Å²) in [6.07, 6.45) is 1.41. The molecule has 0 spiro atoms. The lowest BCUT2D eigenvalue weighted by Crippen LogP contribution is -2.31. The van der Waals surface area contributed by atoms with Crippen molar-refractivity contribution in [1.29, 1.82) is 0 Å². The van der Waals surface area contributed by atoms with Crippen LogP contribution in [0.4, 0.5) is 0 Å². The average Bonchev–Trinajstić information content (AvgIpc) is 2.89. The van der Waals surface area contributed by atoms with Crippen LogP contribution in [-0.4, -0.2) is 38.0 Å². The topological polar surface area (TPSA) is 92.7 Å². The molecular weight excluding hydrogens is 282 g/mol.